The van der Waals surface area contributed by atoms with E-state index in [9.17, 15) is 4.79 Å². The van der Waals surface area contributed by atoms with Gasteiger partial charge in [0, 0.05) is 24.8 Å². The van der Waals surface area contributed by atoms with Gasteiger partial charge in [-0.1, -0.05) is 11.6 Å². The maximum Gasteiger partial charge on any atom is 0.252 e. The van der Waals surface area contributed by atoms with Crippen LogP contribution in [0.4, 0.5) is 5.69 Å². The van der Waals surface area contributed by atoms with Gasteiger partial charge in [0.1, 0.15) is 0 Å². The van der Waals surface area contributed by atoms with Crippen molar-refractivity contribution in [1.82, 2.24) is 10.6 Å². The minimum Gasteiger partial charge on any atom is -0.381 e. The lowest BCUT2D eigenvalue weighted by Crippen LogP contribution is -2.51. The van der Waals surface area contributed by atoms with E-state index in [0.29, 0.717) is 22.0 Å². The Morgan fingerprint density at radius 1 is 1.14 bits per heavy atom. The average Bonchev–Trinajstić information content (AvgIpc) is 3.13. The normalized spacial score (nSPS) is 35.5. The van der Waals surface area contributed by atoms with Gasteiger partial charge in [0.15, 0.2) is 0 Å². The van der Waals surface area contributed by atoms with Crippen molar-refractivity contribution in [3.8, 4) is 0 Å². The summed E-state index contributed by atoms with van der Waals surface area (Å²) in [6, 6.07) is 6.15. The lowest BCUT2D eigenvalue weighted by molar-refractivity contribution is -0.0503. The molecule has 1 aliphatic heterocycles. The molecular weight excluding hydrogens is 393 g/mol. The molecule has 5 aliphatic rings. The van der Waals surface area contributed by atoms with Gasteiger partial charge >= 0.3 is 0 Å². The van der Waals surface area contributed by atoms with Gasteiger partial charge in [0.2, 0.25) is 0 Å². The smallest absolute Gasteiger partial charge is 0.252 e. The van der Waals surface area contributed by atoms with E-state index in [-0.39, 0.29) is 18.3 Å². The fourth-order valence-electron chi connectivity index (χ4n) is 6.67. The maximum atomic E-state index is 12.9. The number of amides is 1. The van der Waals surface area contributed by atoms with Gasteiger partial charge in [-0.15, -0.1) is 12.4 Å². The van der Waals surface area contributed by atoms with Gasteiger partial charge < -0.3 is 16.0 Å². The molecular formula is C22H31Cl2N3O. The molecule has 154 valence electrons. The van der Waals surface area contributed by atoms with E-state index in [0.717, 1.165) is 49.5 Å². The Hall–Kier alpha value is -0.970. The zero-order chi connectivity index (χ0) is 18.4. The highest BCUT2D eigenvalue weighted by molar-refractivity contribution is 6.34. The van der Waals surface area contributed by atoms with E-state index < -0.39 is 0 Å². The molecule has 6 rings (SSSR count). The van der Waals surface area contributed by atoms with Crippen molar-refractivity contribution < 1.29 is 4.79 Å². The molecule has 28 heavy (non-hydrogen) atoms. The molecule has 6 heteroatoms. The van der Waals surface area contributed by atoms with Crippen LogP contribution >= 0.6 is 24.0 Å². The lowest BCUT2D eigenvalue weighted by atomic mass is 9.49. The molecule has 1 unspecified atom stereocenters. The minimum absolute atomic E-state index is 0. The van der Waals surface area contributed by atoms with E-state index in [1.807, 2.05) is 18.2 Å². The Balaban J connectivity index is 0.00000192. The second-order valence-corrected chi connectivity index (χ2v) is 10.0. The van der Waals surface area contributed by atoms with Crippen LogP contribution in [0.15, 0.2) is 18.2 Å². The Kier molecular flexibility index (Phi) is 5.83. The fraction of sp³-hybridized carbons (Fsp3) is 0.682. The number of benzene rings is 1. The van der Waals surface area contributed by atoms with Crippen molar-refractivity contribution in [2.24, 2.45) is 23.2 Å². The second kappa shape index (κ2) is 8.04. The van der Waals surface area contributed by atoms with Gasteiger partial charge in [-0.3, -0.25) is 4.79 Å². The van der Waals surface area contributed by atoms with Crippen molar-refractivity contribution in [3.63, 3.8) is 0 Å². The second-order valence-electron chi connectivity index (χ2n) is 9.63. The molecule has 1 aromatic carbocycles. The van der Waals surface area contributed by atoms with E-state index in [4.69, 9.17) is 11.6 Å². The van der Waals surface area contributed by atoms with Crippen LogP contribution in [0.5, 0.6) is 0 Å². The summed E-state index contributed by atoms with van der Waals surface area (Å²) in [6.07, 6.45) is 9.33. The fourth-order valence-corrected chi connectivity index (χ4v) is 6.88. The SMILES string of the molecule is Cl.O=C(NCC12CC3CC(CC(C3)C1)C2)c1cc(NC2CCNC2)ccc1Cl. The van der Waals surface area contributed by atoms with Crippen LogP contribution in [0.3, 0.4) is 0 Å². The number of carbonyl (C=O) groups excluding carboxylic acids is 1. The summed E-state index contributed by atoms with van der Waals surface area (Å²) < 4.78 is 0. The van der Waals surface area contributed by atoms with Crippen molar-refractivity contribution >= 4 is 35.6 Å². The van der Waals surface area contributed by atoms with E-state index in [2.05, 4.69) is 16.0 Å². The topological polar surface area (TPSA) is 53.2 Å². The molecule has 4 nitrogen and oxygen atoms in total. The van der Waals surface area contributed by atoms with Crippen LogP contribution in [0.2, 0.25) is 5.02 Å². The van der Waals surface area contributed by atoms with Crippen LogP contribution in [-0.4, -0.2) is 31.6 Å². The molecule has 4 saturated carbocycles. The summed E-state index contributed by atoms with van der Waals surface area (Å²) in [5.41, 5.74) is 1.92. The van der Waals surface area contributed by atoms with Crippen LogP contribution in [0, 0.1) is 23.2 Å². The number of hydrogen-bond acceptors (Lipinski definition) is 3. The first-order valence-electron chi connectivity index (χ1n) is 10.6. The third-order valence-corrected chi connectivity index (χ3v) is 7.76. The first-order chi connectivity index (χ1) is 13.1. The van der Waals surface area contributed by atoms with Crippen LogP contribution in [-0.2, 0) is 0 Å². The highest BCUT2D eigenvalue weighted by Crippen LogP contribution is 2.59. The third kappa shape index (κ3) is 4.01. The molecule has 1 aromatic rings. The largest absolute Gasteiger partial charge is 0.381 e. The van der Waals surface area contributed by atoms with Crippen molar-refractivity contribution in [2.75, 3.05) is 25.0 Å². The van der Waals surface area contributed by atoms with Gasteiger partial charge in [0.05, 0.1) is 10.6 Å². The van der Waals surface area contributed by atoms with Crippen LogP contribution in [0.25, 0.3) is 0 Å². The number of nitrogens with one attached hydrogen (secondary N) is 3. The third-order valence-electron chi connectivity index (χ3n) is 7.43. The predicted octanol–water partition coefficient (Wildman–Crippen LogP) is 4.48. The first kappa shape index (κ1) is 20.3. The lowest BCUT2D eigenvalue weighted by Gasteiger charge is -2.56. The molecule has 1 saturated heterocycles. The van der Waals surface area contributed by atoms with E-state index >= 15 is 0 Å². The monoisotopic (exact) mass is 423 g/mol. The van der Waals surface area contributed by atoms with Gasteiger partial charge in [-0.25, -0.2) is 0 Å². The van der Waals surface area contributed by atoms with Crippen molar-refractivity contribution in [1.29, 1.82) is 0 Å². The Bertz CT molecular complexity index is 697. The summed E-state index contributed by atoms with van der Waals surface area (Å²) >= 11 is 6.36. The molecule has 5 fully saturated rings. The summed E-state index contributed by atoms with van der Waals surface area (Å²) in [5, 5.41) is 10.7. The Morgan fingerprint density at radius 3 is 2.43 bits per heavy atom. The maximum absolute atomic E-state index is 12.9. The van der Waals surface area contributed by atoms with Crippen molar-refractivity contribution in [2.45, 2.75) is 51.0 Å². The number of halogens is 2. The van der Waals surface area contributed by atoms with Crippen molar-refractivity contribution in [3.05, 3.63) is 28.8 Å². The highest BCUT2D eigenvalue weighted by Gasteiger charge is 2.50. The summed E-state index contributed by atoms with van der Waals surface area (Å²) in [6.45, 7) is 2.83. The van der Waals surface area contributed by atoms with Gasteiger partial charge in [-0.2, -0.15) is 0 Å². The summed E-state index contributed by atoms with van der Waals surface area (Å²) in [4.78, 5) is 12.9. The van der Waals surface area contributed by atoms with Gasteiger partial charge in [-0.05, 0) is 92.9 Å². The number of carbonyl (C=O) groups is 1. The molecule has 4 bridgehead atoms. The molecule has 1 heterocycles. The predicted molar refractivity (Wildman–Crippen MR) is 117 cm³/mol. The standard InChI is InChI=1S/C22H30ClN3O.ClH/c23-20-2-1-17(26-18-3-4-24-12-18)8-19(20)21(27)25-13-22-9-14-5-15(10-22)7-16(6-14)11-22;/h1-2,8,14-16,18,24,26H,3-7,9-13H2,(H,25,27);1H. The molecule has 1 atom stereocenters. The zero-order valence-electron chi connectivity index (χ0n) is 16.3. The minimum atomic E-state index is -0.0241. The Labute approximate surface area is 179 Å². The first-order valence-corrected chi connectivity index (χ1v) is 11.0. The van der Waals surface area contributed by atoms with E-state index in [1.54, 1.807) is 0 Å². The zero-order valence-corrected chi connectivity index (χ0v) is 17.9. The molecule has 0 spiro atoms. The molecule has 3 N–H and O–H groups in total. The number of hydrogen-bond donors (Lipinski definition) is 3. The summed E-state index contributed by atoms with van der Waals surface area (Å²) in [5.74, 6) is 2.70. The molecule has 1 amide bonds. The number of anilines is 1. The van der Waals surface area contributed by atoms with E-state index in [1.165, 1.54) is 38.5 Å². The molecule has 4 aliphatic carbocycles. The summed E-state index contributed by atoms with van der Waals surface area (Å²) in [7, 11) is 0. The Morgan fingerprint density at radius 2 is 1.82 bits per heavy atom. The number of rotatable bonds is 5. The molecule has 0 radical (unpaired) electrons. The van der Waals surface area contributed by atoms with Gasteiger partial charge in [0.25, 0.3) is 5.91 Å². The van der Waals surface area contributed by atoms with Crippen LogP contribution < -0.4 is 16.0 Å². The highest BCUT2D eigenvalue weighted by atomic mass is 35.5. The van der Waals surface area contributed by atoms with Crippen LogP contribution in [0.1, 0.15) is 55.3 Å². The average molecular weight is 424 g/mol. The molecule has 0 aromatic heterocycles. The quantitative estimate of drug-likeness (QED) is 0.653.